The molecule has 1 atom stereocenters. The number of rotatable bonds is 4. The van der Waals surface area contributed by atoms with Crippen molar-refractivity contribution in [2.45, 2.75) is 38.7 Å². The Hall–Kier alpha value is -1.10. The second-order valence-electron chi connectivity index (χ2n) is 5.95. The van der Waals surface area contributed by atoms with E-state index in [1.54, 1.807) is 36.6 Å². The van der Waals surface area contributed by atoms with Gasteiger partial charge in [0.25, 0.3) is 0 Å². The molecule has 0 saturated carbocycles. The first-order valence-electron chi connectivity index (χ1n) is 6.78. The van der Waals surface area contributed by atoms with E-state index in [4.69, 9.17) is 16.3 Å². The lowest BCUT2D eigenvalue weighted by molar-refractivity contribution is 0.174. The van der Waals surface area contributed by atoms with Crippen molar-refractivity contribution in [1.82, 2.24) is 4.98 Å². The van der Waals surface area contributed by atoms with Crippen molar-refractivity contribution in [2.24, 2.45) is 0 Å². The fourth-order valence-corrected chi connectivity index (χ4v) is 3.39. The van der Waals surface area contributed by atoms with Gasteiger partial charge in [-0.25, -0.2) is 4.98 Å². The minimum absolute atomic E-state index is 0.0157. The molecule has 1 unspecified atom stereocenters. The van der Waals surface area contributed by atoms with Gasteiger partial charge in [0.1, 0.15) is 5.75 Å². The van der Waals surface area contributed by atoms with Crippen LogP contribution in [0, 0.1) is 0 Å². The molecule has 1 aromatic heterocycles. The average molecular weight is 326 g/mol. The normalized spacial score (nSPS) is 13.2. The van der Waals surface area contributed by atoms with Crippen molar-refractivity contribution in [3.05, 3.63) is 44.9 Å². The van der Waals surface area contributed by atoms with Crippen LogP contribution in [0.2, 0.25) is 5.02 Å². The molecular weight excluding hydrogens is 306 g/mol. The third-order valence-corrected chi connectivity index (χ3v) is 4.45. The standard InChI is InChI=1S/C16H20ClNO2S/c1-16(2,3)13-9-21-14(18-13)8-11(19)15-10(17)6-5-7-12(15)20-4/h5-7,9,11,19H,8H2,1-4H3. The van der Waals surface area contributed by atoms with Crippen LogP contribution in [0.4, 0.5) is 0 Å². The molecular formula is C16H20ClNO2S. The van der Waals surface area contributed by atoms with Crippen molar-refractivity contribution in [3.8, 4) is 5.75 Å². The van der Waals surface area contributed by atoms with Crippen molar-refractivity contribution in [2.75, 3.05) is 7.11 Å². The molecule has 0 spiro atoms. The lowest BCUT2D eigenvalue weighted by atomic mass is 9.93. The first-order chi connectivity index (χ1) is 9.82. The maximum absolute atomic E-state index is 10.5. The van der Waals surface area contributed by atoms with E-state index in [1.165, 1.54) is 0 Å². The van der Waals surface area contributed by atoms with E-state index >= 15 is 0 Å². The van der Waals surface area contributed by atoms with Crippen LogP contribution < -0.4 is 4.74 Å². The molecule has 0 saturated heterocycles. The van der Waals surface area contributed by atoms with Crippen LogP contribution in [0.25, 0.3) is 0 Å². The molecule has 1 heterocycles. The summed E-state index contributed by atoms with van der Waals surface area (Å²) in [5.41, 5.74) is 1.68. The Morgan fingerprint density at radius 3 is 2.67 bits per heavy atom. The van der Waals surface area contributed by atoms with Gasteiger partial charge >= 0.3 is 0 Å². The first kappa shape index (κ1) is 16.3. The fraction of sp³-hybridized carbons (Fsp3) is 0.438. The van der Waals surface area contributed by atoms with Crippen LogP contribution in [-0.4, -0.2) is 17.2 Å². The summed E-state index contributed by atoms with van der Waals surface area (Å²) >= 11 is 7.75. The molecule has 0 bridgehead atoms. The number of aliphatic hydroxyl groups excluding tert-OH is 1. The maximum atomic E-state index is 10.5. The number of ether oxygens (including phenoxy) is 1. The maximum Gasteiger partial charge on any atom is 0.126 e. The van der Waals surface area contributed by atoms with Crippen LogP contribution in [0.1, 0.15) is 43.1 Å². The van der Waals surface area contributed by atoms with Crippen molar-refractivity contribution < 1.29 is 9.84 Å². The van der Waals surface area contributed by atoms with Crippen LogP contribution in [0.15, 0.2) is 23.6 Å². The van der Waals surface area contributed by atoms with Crippen molar-refractivity contribution in [3.63, 3.8) is 0 Å². The number of hydrogen-bond acceptors (Lipinski definition) is 4. The summed E-state index contributed by atoms with van der Waals surface area (Å²) in [6, 6.07) is 5.36. The zero-order valence-corrected chi connectivity index (χ0v) is 14.3. The van der Waals surface area contributed by atoms with Crippen LogP contribution in [0.5, 0.6) is 5.75 Å². The molecule has 2 aromatic rings. The minimum Gasteiger partial charge on any atom is -0.496 e. The highest BCUT2D eigenvalue weighted by Crippen LogP contribution is 2.34. The number of aromatic nitrogens is 1. The molecule has 1 aromatic carbocycles. The summed E-state index contributed by atoms with van der Waals surface area (Å²) in [5, 5.41) is 13.9. The molecule has 21 heavy (non-hydrogen) atoms. The minimum atomic E-state index is -0.729. The van der Waals surface area contributed by atoms with Gasteiger partial charge in [-0.1, -0.05) is 38.4 Å². The average Bonchev–Trinajstić information content (AvgIpc) is 2.86. The van der Waals surface area contributed by atoms with Gasteiger partial charge in [-0.3, -0.25) is 0 Å². The Labute approximate surface area is 134 Å². The smallest absolute Gasteiger partial charge is 0.126 e. The lowest BCUT2D eigenvalue weighted by Gasteiger charge is -2.16. The topological polar surface area (TPSA) is 42.4 Å². The molecule has 2 rings (SSSR count). The fourth-order valence-electron chi connectivity index (χ4n) is 2.04. The van der Waals surface area contributed by atoms with Gasteiger partial charge in [0, 0.05) is 22.8 Å². The van der Waals surface area contributed by atoms with E-state index in [-0.39, 0.29) is 5.41 Å². The highest BCUT2D eigenvalue weighted by atomic mass is 35.5. The number of aliphatic hydroxyl groups is 1. The molecule has 0 aliphatic heterocycles. The summed E-state index contributed by atoms with van der Waals surface area (Å²) in [4.78, 5) is 4.61. The van der Waals surface area contributed by atoms with Gasteiger partial charge in [-0.2, -0.15) is 0 Å². The van der Waals surface area contributed by atoms with Crippen LogP contribution in [0.3, 0.4) is 0 Å². The number of halogens is 1. The van der Waals surface area contributed by atoms with Gasteiger partial charge in [-0.15, -0.1) is 11.3 Å². The predicted molar refractivity (Wildman–Crippen MR) is 87.5 cm³/mol. The molecule has 0 radical (unpaired) electrons. The van der Waals surface area contributed by atoms with E-state index < -0.39 is 6.10 Å². The quantitative estimate of drug-likeness (QED) is 0.907. The van der Waals surface area contributed by atoms with E-state index in [0.29, 0.717) is 22.8 Å². The second-order valence-corrected chi connectivity index (χ2v) is 7.30. The Morgan fingerprint density at radius 1 is 1.38 bits per heavy atom. The Bertz CT molecular complexity index is 619. The molecule has 5 heteroatoms. The SMILES string of the molecule is COc1cccc(Cl)c1C(O)Cc1nc(C(C)(C)C)cs1. The predicted octanol–water partition coefficient (Wildman–Crippen LogP) is 4.38. The van der Waals surface area contributed by atoms with Gasteiger partial charge in [0.15, 0.2) is 0 Å². The summed E-state index contributed by atoms with van der Waals surface area (Å²) < 4.78 is 5.28. The van der Waals surface area contributed by atoms with E-state index in [1.807, 2.05) is 5.38 Å². The third kappa shape index (κ3) is 3.76. The number of benzene rings is 1. The number of methoxy groups -OCH3 is 1. The van der Waals surface area contributed by atoms with Gasteiger partial charge in [0.2, 0.25) is 0 Å². The molecule has 0 amide bonds. The highest BCUT2D eigenvalue weighted by Gasteiger charge is 2.21. The summed E-state index contributed by atoms with van der Waals surface area (Å²) in [7, 11) is 1.57. The van der Waals surface area contributed by atoms with E-state index in [2.05, 4.69) is 25.8 Å². The Balaban J connectivity index is 2.22. The zero-order chi connectivity index (χ0) is 15.6. The van der Waals surface area contributed by atoms with Gasteiger partial charge < -0.3 is 9.84 Å². The highest BCUT2D eigenvalue weighted by molar-refractivity contribution is 7.09. The zero-order valence-electron chi connectivity index (χ0n) is 12.7. The molecule has 3 nitrogen and oxygen atoms in total. The second kappa shape index (κ2) is 6.34. The first-order valence-corrected chi connectivity index (χ1v) is 8.04. The largest absolute Gasteiger partial charge is 0.496 e. The number of thiazole rings is 1. The van der Waals surface area contributed by atoms with Crippen molar-refractivity contribution in [1.29, 1.82) is 0 Å². The van der Waals surface area contributed by atoms with Crippen LogP contribution >= 0.6 is 22.9 Å². The molecule has 114 valence electrons. The van der Waals surface area contributed by atoms with Gasteiger partial charge in [-0.05, 0) is 12.1 Å². The third-order valence-electron chi connectivity index (χ3n) is 3.25. The molecule has 1 N–H and O–H groups in total. The molecule has 0 aliphatic carbocycles. The Kier molecular flexibility index (Phi) is 4.91. The summed E-state index contributed by atoms with van der Waals surface area (Å²) in [6.07, 6.45) is -0.298. The van der Waals surface area contributed by atoms with E-state index in [9.17, 15) is 5.11 Å². The summed E-state index contributed by atoms with van der Waals surface area (Å²) in [6.45, 7) is 6.37. The Morgan fingerprint density at radius 2 is 2.10 bits per heavy atom. The molecule has 0 fully saturated rings. The van der Waals surface area contributed by atoms with Gasteiger partial charge in [0.05, 0.1) is 28.9 Å². The summed E-state index contributed by atoms with van der Waals surface area (Å²) in [5.74, 6) is 0.600. The monoisotopic (exact) mass is 325 g/mol. The van der Waals surface area contributed by atoms with Crippen molar-refractivity contribution >= 4 is 22.9 Å². The number of hydrogen-bond donors (Lipinski definition) is 1. The number of nitrogens with zero attached hydrogens (tertiary/aromatic N) is 1. The molecule has 0 aliphatic rings. The van der Waals surface area contributed by atoms with Crippen LogP contribution in [-0.2, 0) is 11.8 Å². The lowest BCUT2D eigenvalue weighted by Crippen LogP contribution is -2.12. The van der Waals surface area contributed by atoms with E-state index in [0.717, 1.165) is 10.7 Å².